The van der Waals surface area contributed by atoms with Gasteiger partial charge in [0.1, 0.15) is 35.7 Å². The quantitative estimate of drug-likeness (QED) is 0.0257. The lowest BCUT2D eigenvalue weighted by molar-refractivity contribution is -0.190. The van der Waals surface area contributed by atoms with Crippen LogP contribution in [0.5, 0.6) is 11.5 Å². The fraction of sp³-hybridized carbons (Fsp3) is 0.412. The van der Waals surface area contributed by atoms with E-state index in [0.717, 1.165) is 0 Å². The molecule has 4 amide bonds. The van der Waals surface area contributed by atoms with Crippen LogP contribution in [0.2, 0.25) is 0 Å². The standard InChI is InChI=1S/C34H38F6N8O12/c1-13(27(41)53)47-29(55)17(11-49)45-9-7-43-15-3-4-16(44-8-10-46-18(12-50)30(56)48-14(2)28(42)54)22-21(15)25(51)23-19(59-31(57)33(35,36)37)5-6-20(24(23)26(22)52)60-32(58)34(38,39)40/h3-6,13-14,17-18,43-46,49-50H,7-12H2,1-2H3,(H2,41,53)(H2,42,54)(H,47,55)(H,48,56)/t13-,14-,17-,18-/m0/s1. The van der Waals surface area contributed by atoms with Gasteiger partial charge in [0.15, 0.2) is 0 Å². The first-order chi connectivity index (χ1) is 27.9. The number of rotatable bonds is 20. The molecule has 328 valence electrons. The van der Waals surface area contributed by atoms with Crippen molar-refractivity contribution in [1.29, 1.82) is 0 Å². The average molecular weight is 865 g/mol. The molecule has 2 aromatic rings. The summed E-state index contributed by atoms with van der Waals surface area (Å²) in [5.74, 6) is -14.5. The Kier molecular flexibility index (Phi) is 16.0. The highest BCUT2D eigenvalue weighted by molar-refractivity contribution is 6.33. The third-order valence-electron chi connectivity index (χ3n) is 8.34. The zero-order chi connectivity index (χ0) is 45.3. The van der Waals surface area contributed by atoms with Crippen LogP contribution in [0.3, 0.4) is 0 Å². The number of alkyl halides is 6. The molecule has 1 aliphatic carbocycles. The Hall–Kier alpha value is -6.38. The first-order valence-corrected chi connectivity index (χ1v) is 17.3. The van der Waals surface area contributed by atoms with E-state index in [1.165, 1.54) is 26.0 Å². The zero-order valence-electron chi connectivity index (χ0n) is 31.3. The highest BCUT2D eigenvalue weighted by Gasteiger charge is 2.46. The summed E-state index contributed by atoms with van der Waals surface area (Å²) >= 11 is 0. The molecule has 0 unspecified atom stereocenters. The molecule has 2 aromatic carbocycles. The third kappa shape index (κ3) is 11.9. The minimum atomic E-state index is -5.67. The molecule has 0 heterocycles. The van der Waals surface area contributed by atoms with E-state index in [-0.39, 0.29) is 37.6 Å². The number of ketones is 2. The Morgan fingerprint density at radius 1 is 0.600 bits per heavy atom. The number of carbonyl (C=O) groups is 8. The summed E-state index contributed by atoms with van der Waals surface area (Å²) in [6.07, 6.45) is -11.3. The molecule has 60 heavy (non-hydrogen) atoms. The average Bonchev–Trinajstić information content (AvgIpc) is 3.16. The molecule has 4 atom stereocenters. The topological polar surface area (TPSA) is 320 Å². The number of hydrogen-bond acceptors (Lipinski definition) is 16. The van der Waals surface area contributed by atoms with Gasteiger partial charge in [-0.2, -0.15) is 26.3 Å². The first-order valence-electron chi connectivity index (χ1n) is 17.3. The molecule has 0 fully saturated rings. The molecule has 0 spiro atoms. The lowest BCUT2D eigenvalue weighted by Crippen LogP contribution is -2.52. The van der Waals surface area contributed by atoms with E-state index in [9.17, 15) is 74.9 Å². The minimum Gasteiger partial charge on any atom is -0.419 e. The Morgan fingerprint density at radius 2 is 0.933 bits per heavy atom. The summed E-state index contributed by atoms with van der Waals surface area (Å²) in [5.41, 5.74) is 6.08. The van der Waals surface area contributed by atoms with Gasteiger partial charge in [0.25, 0.3) is 0 Å². The van der Waals surface area contributed by atoms with Crippen LogP contribution in [0.4, 0.5) is 37.7 Å². The Bertz CT molecular complexity index is 1890. The fourth-order valence-corrected chi connectivity index (χ4v) is 5.26. The number of esters is 2. The zero-order valence-corrected chi connectivity index (χ0v) is 31.3. The van der Waals surface area contributed by atoms with E-state index in [1.807, 2.05) is 0 Å². The van der Waals surface area contributed by atoms with Gasteiger partial charge in [0.2, 0.25) is 35.2 Å². The Balaban J connectivity index is 2.07. The van der Waals surface area contributed by atoms with Gasteiger partial charge in [-0.1, -0.05) is 0 Å². The number of hydrogen-bond donors (Lipinski definition) is 10. The minimum absolute atomic E-state index is 0.202. The molecule has 0 aliphatic heterocycles. The van der Waals surface area contributed by atoms with Crippen LogP contribution in [0.25, 0.3) is 0 Å². The van der Waals surface area contributed by atoms with E-state index < -0.39 is 131 Å². The van der Waals surface area contributed by atoms with E-state index in [2.05, 4.69) is 41.4 Å². The second-order valence-electron chi connectivity index (χ2n) is 12.7. The van der Waals surface area contributed by atoms with Crippen LogP contribution in [0.1, 0.15) is 45.7 Å². The molecule has 26 heteroatoms. The predicted octanol–water partition coefficient (Wildman–Crippen LogP) is -1.90. The molecular weight excluding hydrogens is 826 g/mol. The molecule has 0 saturated heterocycles. The number of fused-ring (bicyclic) bond motifs is 2. The van der Waals surface area contributed by atoms with Crippen LogP contribution in [-0.4, -0.2) is 133 Å². The fourth-order valence-electron chi connectivity index (χ4n) is 5.26. The van der Waals surface area contributed by atoms with Crippen LogP contribution in [0.15, 0.2) is 24.3 Å². The molecule has 12 N–H and O–H groups in total. The van der Waals surface area contributed by atoms with Gasteiger partial charge in [-0.25, -0.2) is 9.59 Å². The number of benzene rings is 2. The highest BCUT2D eigenvalue weighted by Crippen LogP contribution is 2.44. The number of nitrogens with one attached hydrogen (secondary N) is 6. The monoisotopic (exact) mass is 864 g/mol. The van der Waals surface area contributed by atoms with Gasteiger partial charge in [-0.15, -0.1) is 0 Å². The normalized spacial score (nSPS) is 14.4. The summed E-state index contributed by atoms with van der Waals surface area (Å²) in [5, 5.41) is 34.7. The smallest absolute Gasteiger partial charge is 0.419 e. The van der Waals surface area contributed by atoms with Crippen molar-refractivity contribution in [3.8, 4) is 11.5 Å². The lowest BCUT2D eigenvalue weighted by atomic mass is 9.81. The molecule has 0 aromatic heterocycles. The van der Waals surface area contributed by atoms with Crippen molar-refractivity contribution in [3.63, 3.8) is 0 Å². The van der Waals surface area contributed by atoms with Gasteiger partial charge < -0.3 is 63.1 Å². The van der Waals surface area contributed by atoms with Crippen LogP contribution >= 0.6 is 0 Å². The SMILES string of the molecule is C[C@H](NC(=O)[C@H](CO)NCCNc1ccc(NCCN[C@@H](CO)C(=O)N[C@@H](C)C(N)=O)c2c1C(=O)c1c(OC(=O)C(F)(F)F)ccc(OC(=O)C(F)(F)F)c1C2=O)C(N)=O. The Morgan fingerprint density at radius 3 is 1.22 bits per heavy atom. The number of aliphatic hydroxyl groups is 2. The molecule has 0 saturated carbocycles. The predicted molar refractivity (Wildman–Crippen MR) is 191 cm³/mol. The summed E-state index contributed by atoms with van der Waals surface area (Å²) in [6.45, 7) is 0.117. The second-order valence-corrected chi connectivity index (χ2v) is 12.7. The summed E-state index contributed by atoms with van der Waals surface area (Å²) in [4.78, 5) is 99.9. The number of aliphatic hydroxyl groups excluding tert-OH is 2. The van der Waals surface area contributed by atoms with Crippen molar-refractivity contribution in [3.05, 3.63) is 46.5 Å². The molecular formula is C34H38F6N8O12. The van der Waals surface area contributed by atoms with Crippen molar-refractivity contribution in [2.45, 2.75) is 50.4 Å². The molecule has 0 radical (unpaired) electrons. The van der Waals surface area contributed by atoms with E-state index in [4.69, 9.17) is 11.5 Å². The van der Waals surface area contributed by atoms with Gasteiger partial charge in [-0.3, -0.25) is 28.8 Å². The molecule has 3 rings (SSSR count). The molecule has 0 bridgehead atoms. The Labute approximate surface area is 334 Å². The number of anilines is 2. The van der Waals surface area contributed by atoms with Crippen LogP contribution in [-0.2, 0) is 28.8 Å². The number of halogens is 6. The van der Waals surface area contributed by atoms with Crippen molar-refractivity contribution in [2.75, 3.05) is 50.0 Å². The number of amides is 4. The van der Waals surface area contributed by atoms with Crippen molar-refractivity contribution >= 4 is 58.5 Å². The number of primary amides is 2. The second kappa shape index (κ2) is 20.1. The van der Waals surface area contributed by atoms with Gasteiger partial charge in [-0.05, 0) is 38.1 Å². The first kappa shape index (κ1) is 48.0. The van der Waals surface area contributed by atoms with Crippen molar-refractivity contribution in [2.24, 2.45) is 11.5 Å². The maximum absolute atomic E-state index is 14.3. The molecule has 1 aliphatic rings. The van der Waals surface area contributed by atoms with E-state index in [1.54, 1.807) is 0 Å². The highest BCUT2D eigenvalue weighted by atomic mass is 19.4. The van der Waals surface area contributed by atoms with Crippen molar-refractivity contribution in [1.82, 2.24) is 21.3 Å². The van der Waals surface area contributed by atoms with E-state index in [0.29, 0.717) is 12.1 Å². The van der Waals surface area contributed by atoms with Crippen LogP contribution < -0.4 is 52.8 Å². The van der Waals surface area contributed by atoms with Gasteiger partial charge in [0, 0.05) is 37.6 Å². The maximum atomic E-state index is 14.3. The molecule has 20 nitrogen and oxygen atoms in total. The summed E-state index contributed by atoms with van der Waals surface area (Å²) < 4.78 is 88.3. The maximum Gasteiger partial charge on any atom is 0.491 e. The van der Waals surface area contributed by atoms with Crippen LogP contribution in [0, 0.1) is 0 Å². The van der Waals surface area contributed by atoms with Crippen molar-refractivity contribution < 1.29 is 84.4 Å². The van der Waals surface area contributed by atoms with Gasteiger partial charge in [0.05, 0.1) is 35.5 Å². The lowest BCUT2D eigenvalue weighted by Gasteiger charge is -2.26. The van der Waals surface area contributed by atoms with E-state index >= 15 is 0 Å². The number of nitrogens with two attached hydrogens (primary N) is 2. The largest absolute Gasteiger partial charge is 0.491 e. The number of carbonyl (C=O) groups excluding carboxylic acids is 8. The summed E-state index contributed by atoms with van der Waals surface area (Å²) in [7, 11) is 0. The third-order valence-corrected chi connectivity index (χ3v) is 8.34. The number of ether oxygens (including phenoxy) is 2. The van der Waals surface area contributed by atoms with Gasteiger partial charge >= 0.3 is 24.3 Å². The summed E-state index contributed by atoms with van der Waals surface area (Å²) in [6, 6.07) is -1.66.